The lowest BCUT2D eigenvalue weighted by Gasteiger charge is -2.33. The van der Waals surface area contributed by atoms with Crippen molar-refractivity contribution in [1.82, 2.24) is 24.8 Å². The van der Waals surface area contributed by atoms with Crippen molar-refractivity contribution in [3.05, 3.63) is 78.9 Å². The Labute approximate surface area is 184 Å². The van der Waals surface area contributed by atoms with Gasteiger partial charge in [-0.2, -0.15) is 0 Å². The maximum absolute atomic E-state index is 9.18. The molecular weight excluding hydrogens is 400 g/mol. The summed E-state index contributed by atoms with van der Waals surface area (Å²) in [5.74, 6) is 1.65. The average molecular weight is 422 g/mol. The molecule has 1 aliphatic carbocycles. The van der Waals surface area contributed by atoms with E-state index in [1.807, 2.05) is 34.9 Å². The number of hydrogen-bond acceptors (Lipinski definition) is 6. The lowest BCUT2D eigenvalue weighted by molar-refractivity contribution is 0.0764. The van der Waals surface area contributed by atoms with E-state index in [0.29, 0.717) is 5.82 Å². The Balaban J connectivity index is 1.49. The van der Waals surface area contributed by atoms with E-state index in [2.05, 4.69) is 46.9 Å². The highest BCUT2D eigenvalue weighted by Gasteiger charge is 2.34. The van der Waals surface area contributed by atoms with Crippen LogP contribution in [0.25, 0.3) is 38.9 Å². The Hall–Kier alpha value is -3.81. The number of pyridine rings is 1. The molecule has 1 fully saturated rings. The van der Waals surface area contributed by atoms with Crippen molar-refractivity contribution in [1.29, 1.82) is 0 Å². The van der Waals surface area contributed by atoms with Gasteiger partial charge in [-0.15, -0.1) is 0 Å². The molecule has 0 spiro atoms. The molecule has 32 heavy (non-hydrogen) atoms. The summed E-state index contributed by atoms with van der Waals surface area (Å²) in [6.07, 6.45) is 5.27. The van der Waals surface area contributed by atoms with Gasteiger partial charge in [0.1, 0.15) is 22.9 Å². The van der Waals surface area contributed by atoms with Crippen molar-refractivity contribution in [2.75, 3.05) is 5.73 Å². The summed E-state index contributed by atoms with van der Waals surface area (Å²) in [5.41, 5.74) is 14.1. The number of aromatic nitrogens is 4. The first-order valence-electron chi connectivity index (χ1n) is 10.7. The Kier molecular flexibility index (Phi) is 4.38. The number of nitrogen functional groups attached to an aromatic ring is 1. The largest absolute Gasteiger partial charge is 0.382 e. The minimum Gasteiger partial charge on any atom is -0.382 e. The van der Waals surface area contributed by atoms with Gasteiger partial charge in [0.05, 0.1) is 11.2 Å². The second kappa shape index (κ2) is 7.40. The van der Waals surface area contributed by atoms with Crippen molar-refractivity contribution < 1.29 is 5.21 Å². The van der Waals surface area contributed by atoms with E-state index < -0.39 is 0 Å². The molecule has 0 radical (unpaired) electrons. The van der Waals surface area contributed by atoms with Crippen molar-refractivity contribution in [3.8, 4) is 22.5 Å². The summed E-state index contributed by atoms with van der Waals surface area (Å²) in [4.78, 5) is 14.2. The first-order chi connectivity index (χ1) is 15.7. The molecule has 2 aromatic carbocycles. The van der Waals surface area contributed by atoms with Crippen LogP contribution in [0.15, 0.2) is 73.1 Å². The fraction of sp³-hybridized carbons (Fsp3) is 0.160. The van der Waals surface area contributed by atoms with Crippen molar-refractivity contribution >= 4 is 22.2 Å². The molecule has 6 rings (SSSR count). The number of rotatable bonds is 4. The predicted octanol–water partition coefficient (Wildman–Crippen LogP) is 4.42. The quantitative estimate of drug-likeness (QED) is 0.371. The first-order valence-corrected chi connectivity index (χ1v) is 10.7. The third-order valence-electron chi connectivity index (χ3n) is 6.33. The van der Waals surface area contributed by atoms with Crippen LogP contribution in [0.5, 0.6) is 0 Å². The van der Waals surface area contributed by atoms with Gasteiger partial charge in [0.25, 0.3) is 0 Å². The summed E-state index contributed by atoms with van der Waals surface area (Å²) in [7, 11) is 0. The van der Waals surface area contributed by atoms with E-state index in [0.717, 1.165) is 57.6 Å². The van der Waals surface area contributed by atoms with E-state index in [9.17, 15) is 5.21 Å². The molecule has 0 saturated heterocycles. The van der Waals surface area contributed by atoms with E-state index in [1.54, 1.807) is 6.20 Å². The summed E-state index contributed by atoms with van der Waals surface area (Å²) >= 11 is 0. The summed E-state index contributed by atoms with van der Waals surface area (Å²) < 4.78 is 2.04. The van der Waals surface area contributed by atoms with Crippen LogP contribution >= 0.6 is 0 Å². The van der Waals surface area contributed by atoms with Gasteiger partial charge in [-0.1, -0.05) is 48.5 Å². The molecule has 4 N–H and O–H groups in total. The van der Waals surface area contributed by atoms with E-state index >= 15 is 0 Å². The van der Waals surface area contributed by atoms with Crippen molar-refractivity contribution in [3.63, 3.8) is 0 Å². The molecule has 0 bridgehead atoms. The molecule has 0 unspecified atom stereocenters. The number of nitrogens with one attached hydrogen (secondary N) is 1. The van der Waals surface area contributed by atoms with E-state index in [-0.39, 0.29) is 12.0 Å². The summed E-state index contributed by atoms with van der Waals surface area (Å²) in [5, 5.41) is 10.3. The second-order valence-corrected chi connectivity index (χ2v) is 8.31. The van der Waals surface area contributed by atoms with Crippen LogP contribution in [0.3, 0.4) is 0 Å². The molecule has 3 heterocycles. The average Bonchev–Trinajstić information content (AvgIpc) is 3.19. The van der Waals surface area contributed by atoms with Gasteiger partial charge in [-0.05, 0) is 25.0 Å². The normalized spacial score (nSPS) is 18.2. The smallest absolute Gasteiger partial charge is 0.150 e. The zero-order valence-corrected chi connectivity index (χ0v) is 17.3. The molecule has 5 aromatic rings. The lowest BCUT2D eigenvalue weighted by Crippen LogP contribution is -2.38. The second-order valence-electron chi connectivity index (χ2n) is 8.31. The SMILES string of the molecule is Nc1nccn2c(C3CC(NO)C3)nc(-c3ccc4ccc(-c5ccccc5)nc4c3)c12. The fourth-order valence-corrected chi connectivity index (χ4v) is 4.54. The summed E-state index contributed by atoms with van der Waals surface area (Å²) in [6.45, 7) is 0. The number of anilines is 1. The van der Waals surface area contributed by atoms with Crippen molar-refractivity contribution in [2.24, 2.45) is 0 Å². The number of hydrogen-bond donors (Lipinski definition) is 3. The molecule has 0 amide bonds. The number of benzene rings is 2. The number of fused-ring (bicyclic) bond motifs is 2. The van der Waals surface area contributed by atoms with Gasteiger partial charge in [0.15, 0.2) is 0 Å². The lowest BCUT2D eigenvalue weighted by atomic mass is 9.80. The molecule has 1 saturated carbocycles. The maximum atomic E-state index is 9.18. The highest BCUT2D eigenvalue weighted by atomic mass is 16.5. The van der Waals surface area contributed by atoms with Gasteiger partial charge in [0.2, 0.25) is 0 Å². The predicted molar refractivity (Wildman–Crippen MR) is 124 cm³/mol. The third kappa shape index (κ3) is 3.02. The fourth-order valence-electron chi connectivity index (χ4n) is 4.54. The Bertz CT molecular complexity index is 1440. The molecule has 0 atom stereocenters. The minimum absolute atomic E-state index is 0.108. The molecule has 1 aliphatic rings. The van der Waals surface area contributed by atoms with Gasteiger partial charge in [0, 0.05) is 40.9 Å². The van der Waals surface area contributed by atoms with Crippen molar-refractivity contribution in [2.45, 2.75) is 24.8 Å². The third-order valence-corrected chi connectivity index (χ3v) is 6.33. The molecule has 0 aliphatic heterocycles. The monoisotopic (exact) mass is 422 g/mol. The standard InChI is InChI=1S/C25H22N6O/c26-24-23-22(29-25(31(23)11-10-27-24)18-12-19(13-18)30-32)17-7-6-16-8-9-20(28-21(16)14-17)15-4-2-1-3-5-15/h1-11,14,18-19,30,32H,12-13H2,(H2,26,27). The van der Waals surface area contributed by atoms with Gasteiger partial charge < -0.3 is 10.9 Å². The van der Waals surface area contributed by atoms with Gasteiger partial charge >= 0.3 is 0 Å². The number of nitrogens with two attached hydrogens (primary N) is 1. The van der Waals surface area contributed by atoms with E-state index in [1.165, 1.54) is 0 Å². The minimum atomic E-state index is 0.108. The molecule has 158 valence electrons. The van der Waals surface area contributed by atoms with Crippen LogP contribution in [0.4, 0.5) is 5.82 Å². The Morgan fingerprint density at radius 1 is 0.969 bits per heavy atom. The molecule has 3 aromatic heterocycles. The molecular formula is C25H22N6O. The topological polar surface area (TPSA) is 101 Å². The number of imidazole rings is 1. The highest BCUT2D eigenvalue weighted by molar-refractivity contribution is 5.91. The number of nitrogens with zero attached hydrogens (tertiary/aromatic N) is 4. The maximum Gasteiger partial charge on any atom is 0.150 e. The van der Waals surface area contributed by atoms with Crippen LogP contribution in [-0.2, 0) is 0 Å². The highest BCUT2D eigenvalue weighted by Crippen LogP contribution is 2.39. The Morgan fingerprint density at radius 2 is 1.78 bits per heavy atom. The Morgan fingerprint density at radius 3 is 2.59 bits per heavy atom. The zero-order valence-electron chi connectivity index (χ0n) is 17.3. The summed E-state index contributed by atoms with van der Waals surface area (Å²) in [6, 6.07) is 20.6. The van der Waals surface area contributed by atoms with Gasteiger partial charge in [-0.3, -0.25) is 4.40 Å². The van der Waals surface area contributed by atoms with Crippen LogP contribution in [0.1, 0.15) is 24.6 Å². The van der Waals surface area contributed by atoms with Crippen LogP contribution < -0.4 is 11.2 Å². The van der Waals surface area contributed by atoms with E-state index in [4.69, 9.17) is 15.7 Å². The van der Waals surface area contributed by atoms with Crippen LogP contribution in [0, 0.1) is 0 Å². The van der Waals surface area contributed by atoms with Gasteiger partial charge in [-0.25, -0.2) is 20.4 Å². The number of hydroxylamine groups is 1. The molecule has 7 heteroatoms. The van der Waals surface area contributed by atoms with Crippen LogP contribution in [-0.4, -0.2) is 30.6 Å². The van der Waals surface area contributed by atoms with Crippen LogP contribution in [0.2, 0.25) is 0 Å². The molecule has 7 nitrogen and oxygen atoms in total. The first kappa shape index (κ1) is 18.9. The zero-order chi connectivity index (χ0) is 21.7.